The summed E-state index contributed by atoms with van der Waals surface area (Å²) in [7, 11) is 1.62. The van der Waals surface area contributed by atoms with Crippen molar-refractivity contribution < 1.29 is 35.9 Å². The molecule has 7 rings (SSSR count). The predicted octanol–water partition coefficient (Wildman–Crippen LogP) is 7.30. The van der Waals surface area contributed by atoms with E-state index in [1.165, 1.54) is 0 Å². The van der Waals surface area contributed by atoms with Crippen LogP contribution in [0.3, 0.4) is 0 Å². The quantitative estimate of drug-likeness (QED) is 0.196. The lowest BCUT2D eigenvalue weighted by molar-refractivity contribution is -0.137. The molecule has 0 spiro atoms. The number of benzene rings is 2. The predicted molar refractivity (Wildman–Crippen MR) is 186 cm³/mol. The van der Waals surface area contributed by atoms with Crippen molar-refractivity contribution >= 4 is 49.1 Å². The zero-order chi connectivity index (χ0) is 37.4. The molecule has 52 heavy (non-hydrogen) atoms. The standard InChI is InChI=1S/C36H37F6N7O2S/c1-17(2)33(50)49-11-8-25(18(49)3)47(4)32-21-12-23(36(40,41)42)27(20-6-7-24(38)30-26(20)22(14-43)31(44)52-30)28(39)29(21)45-34(46-32)51-16-35-9-5-10-48(35)15-19(37)13-35/h6-7,12,17-19,25H,5,8-11,13,15-16,44H2,1-4H3. The molecular formula is C36H37F6N7O2S. The summed E-state index contributed by atoms with van der Waals surface area (Å²) in [5.41, 5.74) is 1.88. The molecule has 0 radical (unpaired) electrons. The van der Waals surface area contributed by atoms with Crippen LogP contribution >= 0.6 is 11.3 Å². The lowest BCUT2D eigenvalue weighted by Crippen LogP contribution is -2.45. The van der Waals surface area contributed by atoms with Crippen molar-refractivity contribution in [1.29, 1.82) is 5.26 Å². The maximum atomic E-state index is 17.2. The first-order valence-corrected chi connectivity index (χ1v) is 18.0. The molecule has 16 heteroatoms. The zero-order valence-corrected chi connectivity index (χ0v) is 29.8. The number of nitrogen functional groups attached to an aromatic ring is 1. The number of hydrogen-bond acceptors (Lipinski definition) is 9. The van der Waals surface area contributed by atoms with Gasteiger partial charge in [-0.25, -0.2) is 13.2 Å². The van der Waals surface area contributed by atoms with Crippen LogP contribution in [0.2, 0.25) is 0 Å². The van der Waals surface area contributed by atoms with Gasteiger partial charge < -0.3 is 20.3 Å². The second-order valence-electron chi connectivity index (χ2n) is 14.3. The van der Waals surface area contributed by atoms with Gasteiger partial charge in [0.15, 0.2) is 5.82 Å². The van der Waals surface area contributed by atoms with Gasteiger partial charge in [0, 0.05) is 54.9 Å². The Morgan fingerprint density at radius 2 is 2.00 bits per heavy atom. The van der Waals surface area contributed by atoms with E-state index in [0.717, 1.165) is 24.6 Å². The molecule has 2 N–H and O–H groups in total. The first-order chi connectivity index (χ1) is 24.6. The molecule has 4 unspecified atom stereocenters. The molecule has 276 valence electrons. The van der Waals surface area contributed by atoms with E-state index in [1.807, 2.05) is 17.9 Å². The summed E-state index contributed by atoms with van der Waals surface area (Å²) in [5.74, 6) is -2.61. The molecule has 3 saturated heterocycles. The Morgan fingerprint density at radius 3 is 2.69 bits per heavy atom. The average molecular weight is 746 g/mol. The van der Waals surface area contributed by atoms with Crippen LogP contribution in [-0.2, 0) is 11.0 Å². The average Bonchev–Trinajstić information content (AvgIpc) is 3.83. The number of nitriles is 1. The number of fused-ring (bicyclic) bond motifs is 3. The van der Waals surface area contributed by atoms with Gasteiger partial charge in [-0.1, -0.05) is 19.9 Å². The van der Waals surface area contributed by atoms with Crippen molar-refractivity contribution in [2.45, 2.75) is 76.4 Å². The fourth-order valence-electron chi connectivity index (χ4n) is 8.41. The highest BCUT2D eigenvalue weighted by atomic mass is 32.1. The molecule has 0 bridgehead atoms. The van der Waals surface area contributed by atoms with Crippen molar-refractivity contribution in [3.05, 3.63) is 41.0 Å². The van der Waals surface area contributed by atoms with E-state index in [9.17, 15) is 18.8 Å². The van der Waals surface area contributed by atoms with Gasteiger partial charge in [0.1, 0.15) is 41.0 Å². The fraction of sp³-hybridized carbons (Fsp3) is 0.500. The van der Waals surface area contributed by atoms with Crippen LogP contribution < -0.4 is 15.4 Å². The van der Waals surface area contributed by atoms with E-state index in [4.69, 9.17) is 10.5 Å². The number of nitrogens with two attached hydrogens (primary N) is 1. The number of aromatic nitrogens is 2. The number of ether oxygens (including phenoxy) is 1. The van der Waals surface area contributed by atoms with E-state index in [0.29, 0.717) is 37.3 Å². The lowest BCUT2D eigenvalue weighted by Gasteiger charge is -2.33. The van der Waals surface area contributed by atoms with Gasteiger partial charge in [-0.3, -0.25) is 9.69 Å². The van der Waals surface area contributed by atoms with Gasteiger partial charge in [-0.2, -0.15) is 28.4 Å². The third-order valence-corrected chi connectivity index (χ3v) is 12.0. The van der Waals surface area contributed by atoms with E-state index >= 15 is 17.6 Å². The zero-order valence-electron chi connectivity index (χ0n) is 29.0. The molecule has 5 heterocycles. The van der Waals surface area contributed by atoms with Crippen LogP contribution in [0, 0.1) is 28.9 Å². The number of anilines is 2. The maximum absolute atomic E-state index is 17.2. The second-order valence-corrected chi connectivity index (χ2v) is 15.4. The summed E-state index contributed by atoms with van der Waals surface area (Å²) >= 11 is 0.680. The minimum Gasteiger partial charge on any atom is -0.461 e. The van der Waals surface area contributed by atoms with E-state index < -0.39 is 52.2 Å². The summed E-state index contributed by atoms with van der Waals surface area (Å²) in [6.45, 7) is 6.73. The Labute approximate surface area is 299 Å². The molecule has 1 amide bonds. The number of carbonyl (C=O) groups is 1. The van der Waals surface area contributed by atoms with Crippen LogP contribution in [0.4, 0.5) is 37.2 Å². The third-order valence-electron chi connectivity index (χ3n) is 10.9. The van der Waals surface area contributed by atoms with Crippen LogP contribution in [0.15, 0.2) is 18.2 Å². The van der Waals surface area contributed by atoms with E-state index in [1.54, 1.807) is 30.7 Å². The smallest absolute Gasteiger partial charge is 0.417 e. The first kappa shape index (κ1) is 36.0. The fourth-order valence-corrected chi connectivity index (χ4v) is 9.36. The van der Waals surface area contributed by atoms with Gasteiger partial charge in [-0.15, -0.1) is 11.3 Å². The number of halogens is 6. The van der Waals surface area contributed by atoms with E-state index in [-0.39, 0.29) is 80.9 Å². The number of rotatable bonds is 7. The minimum absolute atomic E-state index is 0.0218. The molecule has 4 aromatic rings. The Morgan fingerprint density at radius 1 is 1.25 bits per heavy atom. The van der Waals surface area contributed by atoms with Crippen molar-refractivity contribution in [3.8, 4) is 23.2 Å². The van der Waals surface area contributed by atoms with Crippen molar-refractivity contribution in [2.75, 3.05) is 43.9 Å². The highest BCUT2D eigenvalue weighted by molar-refractivity contribution is 7.23. The number of carbonyl (C=O) groups excluding carboxylic acids is 1. The molecule has 9 nitrogen and oxygen atoms in total. The number of hydrogen-bond donors (Lipinski definition) is 1. The van der Waals surface area contributed by atoms with Crippen molar-refractivity contribution in [2.24, 2.45) is 5.92 Å². The van der Waals surface area contributed by atoms with Crippen LogP contribution in [0.5, 0.6) is 6.01 Å². The second kappa shape index (κ2) is 12.9. The highest BCUT2D eigenvalue weighted by Gasteiger charge is 2.49. The normalized spacial score (nSPS) is 23.6. The molecule has 3 fully saturated rings. The first-order valence-electron chi connectivity index (χ1n) is 17.1. The Balaban J connectivity index is 1.44. The highest BCUT2D eigenvalue weighted by Crippen LogP contribution is 2.48. The van der Waals surface area contributed by atoms with Gasteiger partial charge in [0.25, 0.3) is 0 Å². The number of nitrogens with zero attached hydrogens (tertiary/aromatic N) is 6. The lowest BCUT2D eigenvalue weighted by atomic mass is 9.92. The topological polar surface area (TPSA) is 112 Å². The monoisotopic (exact) mass is 745 g/mol. The van der Waals surface area contributed by atoms with Gasteiger partial charge in [0.2, 0.25) is 5.91 Å². The number of amides is 1. The van der Waals surface area contributed by atoms with Crippen LogP contribution in [0.25, 0.3) is 32.1 Å². The SMILES string of the molecule is CC(C)C(=O)N1CCC(N(C)c2nc(OCC34CCCN3CC(F)C4)nc3c(F)c(-c4ccc(F)c5sc(N)c(C#N)c45)c(C(F)(F)F)cc23)C1C. The summed E-state index contributed by atoms with van der Waals surface area (Å²) in [6.07, 6.45) is -4.00. The minimum atomic E-state index is -5.12. The van der Waals surface area contributed by atoms with Gasteiger partial charge >= 0.3 is 12.2 Å². The third kappa shape index (κ3) is 5.76. The summed E-state index contributed by atoms with van der Waals surface area (Å²) in [6, 6.07) is 3.39. The number of alkyl halides is 4. The molecular weight excluding hydrogens is 708 g/mol. The Kier molecular flexibility index (Phi) is 8.96. The van der Waals surface area contributed by atoms with Crippen LogP contribution in [0.1, 0.15) is 57.6 Å². The van der Waals surface area contributed by atoms with Crippen molar-refractivity contribution in [3.63, 3.8) is 0 Å². The molecule has 0 saturated carbocycles. The molecule has 2 aromatic heterocycles. The Hall–Kier alpha value is -4.36. The largest absolute Gasteiger partial charge is 0.461 e. The van der Waals surface area contributed by atoms with Crippen molar-refractivity contribution in [1.82, 2.24) is 19.8 Å². The van der Waals surface area contributed by atoms with Crippen LogP contribution in [-0.4, -0.2) is 82.8 Å². The van der Waals surface area contributed by atoms with Gasteiger partial charge in [0.05, 0.1) is 27.4 Å². The number of likely N-dealkylation sites (tertiary alicyclic amines) is 1. The summed E-state index contributed by atoms with van der Waals surface area (Å²) < 4.78 is 97.8. The molecule has 3 aliphatic heterocycles. The number of likely N-dealkylation sites (N-methyl/N-ethyl adjacent to an activating group) is 1. The summed E-state index contributed by atoms with van der Waals surface area (Å²) in [4.78, 5) is 27.3. The van der Waals surface area contributed by atoms with Gasteiger partial charge in [-0.05, 0) is 50.4 Å². The maximum Gasteiger partial charge on any atom is 0.417 e. The summed E-state index contributed by atoms with van der Waals surface area (Å²) in [5, 5.41) is 9.22. The molecule has 3 aliphatic rings. The van der Waals surface area contributed by atoms with E-state index in [2.05, 4.69) is 9.97 Å². The molecule has 2 aromatic carbocycles. The molecule has 0 aliphatic carbocycles. The number of thiophene rings is 1. The Bertz CT molecular complexity index is 2130. The molecule has 4 atom stereocenters.